The molecule has 9 nitrogen and oxygen atoms in total. The zero-order valence-electron chi connectivity index (χ0n) is 18.1. The number of nitrogens with one attached hydrogen (secondary N) is 1. The molecule has 0 spiro atoms. The summed E-state index contributed by atoms with van der Waals surface area (Å²) in [4.78, 5) is 13.2. The van der Waals surface area contributed by atoms with E-state index in [2.05, 4.69) is 10.5 Å². The number of aryl methyl sites for hydroxylation is 2. The number of piperidine rings is 1. The Kier molecular flexibility index (Phi) is 5.47. The Bertz CT molecular complexity index is 1090. The number of amides is 1. The van der Waals surface area contributed by atoms with Crippen LogP contribution in [-0.4, -0.2) is 43.7 Å². The van der Waals surface area contributed by atoms with Crippen molar-refractivity contribution in [1.29, 1.82) is 0 Å². The molecule has 4 rings (SSSR count). The molecule has 0 radical (unpaired) electrons. The van der Waals surface area contributed by atoms with Crippen LogP contribution >= 0.6 is 0 Å². The molecule has 2 aromatic rings. The number of aromatic nitrogens is 1. The molecule has 10 heteroatoms. The summed E-state index contributed by atoms with van der Waals surface area (Å²) in [6.45, 7) is 7.66. The van der Waals surface area contributed by atoms with E-state index in [4.69, 9.17) is 14.0 Å². The summed E-state index contributed by atoms with van der Waals surface area (Å²) in [6.07, 6.45) is 1.22. The maximum Gasteiger partial charge on any atom is 0.248 e. The van der Waals surface area contributed by atoms with E-state index in [9.17, 15) is 13.2 Å². The van der Waals surface area contributed by atoms with Gasteiger partial charge in [0, 0.05) is 13.1 Å². The van der Waals surface area contributed by atoms with Crippen LogP contribution in [0.5, 0.6) is 11.5 Å². The molecule has 1 atom stereocenters. The quantitative estimate of drug-likeness (QED) is 0.746. The summed E-state index contributed by atoms with van der Waals surface area (Å²) in [5.74, 6) is 0.958. The molecule has 1 N–H and O–H groups in total. The first kappa shape index (κ1) is 21.6. The van der Waals surface area contributed by atoms with Gasteiger partial charge in [0.05, 0.1) is 11.5 Å². The van der Waals surface area contributed by atoms with Gasteiger partial charge in [-0.3, -0.25) is 4.79 Å². The van der Waals surface area contributed by atoms with E-state index in [1.165, 1.54) is 4.31 Å². The molecule has 2 aliphatic heterocycles. The van der Waals surface area contributed by atoms with E-state index in [1.807, 2.05) is 32.0 Å². The van der Waals surface area contributed by atoms with Crippen LogP contribution in [0, 0.1) is 19.8 Å². The number of fused-ring (bicyclic) bond motifs is 1. The highest BCUT2D eigenvalue weighted by atomic mass is 32.2. The zero-order valence-corrected chi connectivity index (χ0v) is 18.9. The summed E-state index contributed by atoms with van der Waals surface area (Å²) in [5, 5.41) is 6.83. The summed E-state index contributed by atoms with van der Waals surface area (Å²) < 4.78 is 43.5. The van der Waals surface area contributed by atoms with E-state index < -0.39 is 21.5 Å². The van der Waals surface area contributed by atoms with E-state index in [0.717, 1.165) is 5.56 Å². The van der Waals surface area contributed by atoms with Crippen LogP contribution in [0.3, 0.4) is 0 Å². The second kappa shape index (κ2) is 7.83. The number of sulfonamides is 1. The molecule has 1 amide bonds. The van der Waals surface area contributed by atoms with Gasteiger partial charge in [0.1, 0.15) is 10.6 Å². The highest BCUT2D eigenvalue weighted by Gasteiger charge is 2.38. The van der Waals surface area contributed by atoms with Crippen LogP contribution in [-0.2, 0) is 20.4 Å². The lowest BCUT2D eigenvalue weighted by Crippen LogP contribution is -2.49. The molecular formula is C21H27N3O6S. The van der Waals surface area contributed by atoms with Gasteiger partial charge in [-0.1, -0.05) is 11.2 Å². The maximum atomic E-state index is 13.1. The smallest absolute Gasteiger partial charge is 0.248 e. The van der Waals surface area contributed by atoms with Crippen molar-refractivity contribution in [2.75, 3.05) is 19.9 Å². The average Bonchev–Trinajstić information content (AvgIpc) is 3.33. The second-order valence-corrected chi connectivity index (χ2v) is 10.4. The molecule has 1 unspecified atom stereocenters. The number of hydrogen-bond donors (Lipinski definition) is 1. The molecule has 0 saturated carbocycles. The Morgan fingerprint density at radius 3 is 2.68 bits per heavy atom. The molecule has 168 valence electrons. The Morgan fingerprint density at radius 2 is 1.97 bits per heavy atom. The Hall–Kier alpha value is -2.59. The summed E-state index contributed by atoms with van der Waals surface area (Å²) >= 11 is 0. The van der Waals surface area contributed by atoms with Crippen LogP contribution in [0.2, 0.25) is 0 Å². The first-order valence-electron chi connectivity index (χ1n) is 10.2. The second-order valence-electron chi connectivity index (χ2n) is 8.54. The van der Waals surface area contributed by atoms with Crippen LogP contribution in [0.15, 0.2) is 27.6 Å². The summed E-state index contributed by atoms with van der Waals surface area (Å²) in [6, 6.07) is 5.57. The van der Waals surface area contributed by atoms with Gasteiger partial charge in [0.2, 0.25) is 22.7 Å². The number of ether oxygens (including phenoxy) is 2. The van der Waals surface area contributed by atoms with Crippen molar-refractivity contribution >= 4 is 15.9 Å². The molecule has 1 aromatic carbocycles. The maximum absolute atomic E-state index is 13.1. The Balaban J connectivity index is 1.49. The third-order valence-electron chi connectivity index (χ3n) is 5.85. The SMILES string of the molecule is Cc1noc(C)c1S(=O)(=O)N1CCCC(C(=O)NC(C)(C)c2ccc3c(c2)OCO3)C1. The number of carbonyl (C=O) groups is 1. The highest BCUT2D eigenvalue weighted by molar-refractivity contribution is 7.89. The number of rotatable bonds is 5. The van der Waals surface area contributed by atoms with Gasteiger partial charge < -0.3 is 19.3 Å². The molecular weight excluding hydrogens is 422 g/mol. The minimum Gasteiger partial charge on any atom is -0.454 e. The predicted molar refractivity (Wildman–Crippen MR) is 111 cm³/mol. The third kappa shape index (κ3) is 4.01. The van der Waals surface area contributed by atoms with Gasteiger partial charge >= 0.3 is 0 Å². The zero-order chi connectivity index (χ0) is 22.4. The molecule has 31 heavy (non-hydrogen) atoms. The number of nitrogens with zero attached hydrogens (tertiary/aromatic N) is 2. The van der Waals surface area contributed by atoms with Crippen LogP contribution in [0.25, 0.3) is 0 Å². The number of carbonyl (C=O) groups excluding carboxylic acids is 1. The van der Waals surface area contributed by atoms with Crippen molar-refractivity contribution in [3.05, 3.63) is 35.2 Å². The van der Waals surface area contributed by atoms with Crippen molar-refractivity contribution in [3.8, 4) is 11.5 Å². The summed E-state index contributed by atoms with van der Waals surface area (Å²) in [7, 11) is -3.78. The molecule has 1 fully saturated rings. The van der Waals surface area contributed by atoms with Crippen molar-refractivity contribution in [1.82, 2.24) is 14.8 Å². The lowest BCUT2D eigenvalue weighted by Gasteiger charge is -2.34. The topological polar surface area (TPSA) is 111 Å². The molecule has 2 aliphatic rings. The normalized spacial score (nSPS) is 19.4. The van der Waals surface area contributed by atoms with Crippen molar-refractivity contribution in [3.63, 3.8) is 0 Å². The number of benzene rings is 1. The minimum atomic E-state index is -3.78. The first-order valence-corrected chi connectivity index (χ1v) is 11.7. The first-order chi connectivity index (χ1) is 14.6. The largest absolute Gasteiger partial charge is 0.454 e. The van der Waals surface area contributed by atoms with Crippen molar-refractivity contribution < 1.29 is 27.2 Å². The standard InChI is InChI=1S/C21H27N3O6S/c1-13-19(14(2)30-23-13)31(26,27)24-9-5-6-15(11-24)20(25)22-21(3,4)16-7-8-17-18(10-16)29-12-28-17/h7-8,10,15H,5-6,9,11-12H2,1-4H3,(H,22,25). The van der Waals surface area contributed by atoms with Gasteiger partial charge in [0.25, 0.3) is 0 Å². The minimum absolute atomic E-state index is 0.0919. The van der Waals surface area contributed by atoms with E-state index >= 15 is 0 Å². The lowest BCUT2D eigenvalue weighted by atomic mass is 9.91. The van der Waals surface area contributed by atoms with Gasteiger partial charge in [-0.25, -0.2) is 8.42 Å². The lowest BCUT2D eigenvalue weighted by molar-refractivity contribution is -0.127. The highest BCUT2D eigenvalue weighted by Crippen LogP contribution is 2.36. The fourth-order valence-electron chi connectivity index (χ4n) is 4.11. The van der Waals surface area contributed by atoms with Crippen LogP contribution in [0.4, 0.5) is 0 Å². The Morgan fingerprint density at radius 1 is 1.23 bits per heavy atom. The molecule has 0 aliphatic carbocycles. The van der Waals surface area contributed by atoms with Gasteiger partial charge in [-0.05, 0) is 58.2 Å². The summed E-state index contributed by atoms with van der Waals surface area (Å²) in [5.41, 5.74) is 0.537. The van der Waals surface area contributed by atoms with Crippen LogP contribution < -0.4 is 14.8 Å². The molecule has 3 heterocycles. The van der Waals surface area contributed by atoms with E-state index in [1.54, 1.807) is 13.8 Å². The molecule has 1 saturated heterocycles. The van der Waals surface area contributed by atoms with E-state index in [0.29, 0.717) is 36.6 Å². The van der Waals surface area contributed by atoms with Gasteiger partial charge in [0.15, 0.2) is 17.3 Å². The van der Waals surface area contributed by atoms with E-state index in [-0.39, 0.29) is 29.9 Å². The fraction of sp³-hybridized carbons (Fsp3) is 0.524. The van der Waals surface area contributed by atoms with Crippen molar-refractivity contribution in [2.45, 2.75) is 51.0 Å². The average molecular weight is 450 g/mol. The van der Waals surface area contributed by atoms with Gasteiger partial charge in [-0.2, -0.15) is 4.31 Å². The van der Waals surface area contributed by atoms with Crippen LogP contribution in [0.1, 0.15) is 43.7 Å². The monoisotopic (exact) mass is 449 g/mol. The number of hydrogen-bond acceptors (Lipinski definition) is 7. The third-order valence-corrected chi connectivity index (χ3v) is 7.96. The molecule has 0 bridgehead atoms. The van der Waals surface area contributed by atoms with Crippen molar-refractivity contribution in [2.24, 2.45) is 5.92 Å². The fourth-order valence-corrected chi connectivity index (χ4v) is 5.93. The molecule has 1 aromatic heterocycles. The Labute approximate surface area is 181 Å². The van der Waals surface area contributed by atoms with Gasteiger partial charge in [-0.15, -0.1) is 0 Å². The predicted octanol–water partition coefficient (Wildman–Crippen LogP) is 2.47.